The largest absolute Gasteiger partial charge is 0.322 e. The van der Waals surface area contributed by atoms with Crippen molar-refractivity contribution in [1.82, 2.24) is 10.2 Å². The van der Waals surface area contributed by atoms with Crippen LogP contribution in [0, 0.1) is 0 Å². The topological polar surface area (TPSA) is 44.4 Å². The summed E-state index contributed by atoms with van der Waals surface area (Å²) in [5.41, 5.74) is 0.494. The molecule has 1 aliphatic rings. The van der Waals surface area contributed by atoms with E-state index in [0.29, 0.717) is 28.3 Å². The number of para-hydroxylation sites is 1. The summed E-state index contributed by atoms with van der Waals surface area (Å²) in [5, 5.41) is 6.94. The van der Waals surface area contributed by atoms with E-state index in [1.165, 1.54) is 6.42 Å². The fourth-order valence-electron chi connectivity index (χ4n) is 2.72. The van der Waals surface area contributed by atoms with Crippen molar-refractivity contribution >= 4 is 34.8 Å². The van der Waals surface area contributed by atoms with Gasteiger partial charge in [-0.3, -0.25) is 9.69 Å². The second kappa shape index (κ2) is 7.99. The molecule has 116 valence electrons. The Morgan fingerprint density at radius 3 is 2.71 bits per heavy atom. The molecule has 1 unspecified atom stereocenters. The highest BCUT2D eigenvalue weighted by Crippen LogP contribution is 2.29. The molecule has 1 atom stereocenters. The lowest BCUT2D eigenvalue weighted by Gasteiger charge is -2.35. The minimum absolute atomic E-state index is 0.0759. The number of carbonyl (C=O) groups excluding carboxylic acids is 1. The van der Waals surface area contributed by atoms with E-state index in [1.54, 1.807) is 18.2 Å². The van der Waals surface area contributed by atoms with Crippen molar-refractivity contribution in [3.05, 3.63) is 28.2 Å². The minimum atomic E-state index is -0.0759. The van der Waals surface area contributed by atoms with Gasteiger partial charge in [0.25, 0.3) is 0 Å². The van der Waals surface area contributed by atoms with Gasteiger partial charge in [0, 0.05) is 12.6 Å². The molecule has 1 amide bonds. The van der Waals surface area contributed by atoms with E-state index in [2.05, 4.69) is 15.5 Å². The zero-order valence-corrected chi connectivity index (χ0v) is 13.7. The highest BCUT2D eigenvalue weighted by Gasteiger charge is 2.24. The quantitative estimate of drug-likeness (QED) is 0.872. The molecule has 0 saturated carbocycles. The first-order valence-corrected chi connectivity index (χ1v) is 8.00. The number of nitrogens with one attached hydrogen (secondary N) is 2. The fourth-order valence-corrected chi connectivity index (χ4v) is 3.21. The lowest BCUT2D eigenvalue weighted by atomic mass is 10.0. The Morgan fingerprint density at radius 2 is 2.05 bits per heavy atom. The van der Waals surface area contributed by atoms with Gasteiger partial charge in [0.05, 0.1) is 22.3 Å². The number of rotatable bonds is 5. The number of hydrogen-bond donors (Lipinski definition) is 2. The molecule has 1 aliphatic heterocycles. The first kappa shape index (κ1) is 16.6. The van der Waals surface area contributed by atoms with Crippen molar-refractivity contribution in [3.63, 3.8) is 0 Å². The molecule has 0 bridgehead atoms. The van der Waals surface area contributed by atoms with Crippen LogP contribution in [0.3, 0.4) is 0 Å². The monoisotopic (exact) mass is 329 g/mol. The van der Waals surface area contributed by atoms with E-state index < -0.39 is 0 Å². The summed E-state index contributed by atoms with van der Waals surface area (Å²) < 4.78 is 0. The first-order chi connectivity index (χ1) is 10.1. The van der Waals surface area contributed by atoms with E-state index in [4.69, 9.17) is 23.2 Å². The van der Waals surface area contributed by atoms with E-state index in [-0.39, 0.29) is 5.91 Å². The number of nitrogens with zero attached hydrogens (tertiary/aromatic N) is 1. The van der Waals surface area contributed by atoms with Gasteiger partial charge in [-0.15, -0.1) is 0 Å². The van der Waals surface area contributed by atoms with Crippen molar-refractivity contribution in [1.29, 1.82) is 0 Å². The molecule has 0 aliphatic carbocycles. The third-order valence-corrected chi connectivity index (χ3v) is 4.39. The maximum Gasteiger partial charge on any atom is 0.238 e. The Kier molecular flexibility index (Phi) is 6.30. The number of benzene rings is 1. The number of likely N-dealkylation sites (N-methyl/N-ethyl adjacent to an activating group) is 1. The molecule has 4 nitrogen and oxygen atoms in total. The number of piperidine rings is 1. The standard InChI is InChI=1S/C15H21Cl2N3O/c1-18-9-11-5-2-3-8-20(11)10-14(21)19-15-12(16)6-4-7-13(15)17/h4,6-7,11,18H,2-3,5,8-10H2,1H3,(H,19,21). The van der Waals surface area contributed by atoms with Gasteiger partial charge in [-0.25, -0.2) is 0 Å². The maximum absolute atomic E-state index is 12.2. The molecule has 0 radical (unpaired) electrons. The summed E-state index contributed by atoms with van der Waals surface area (Å²) in [6.45, 7) is 2.23. The van der Waals surface area contributed by atoms with Crippen molar-refractivity contribution in [2.45, 2.75) is 25.3 Å². The molecule has 1 heterocycles. The third kappa shape index (κ3) is 4.58. The smallest absolute Gasteiger partial charge is 0.238 e. The zero-order chi connectivity index (χ0) is 15.2. The van der Waals surface area contributed by atoms with Crippen LogP contribution in [0.15, 0.2) is 18.2 Å². The normalized spacial score (nSPS) is 19.5. The number of carbonyl (C=O) groups is 1. The van der Waals surface area contributed by atoms with Gasteiger partial charge < -0.3 is 10.6 Å². The van der Waals surface area contributed by atoms with Gasteiger partial charge in [-0.05, 0) is 38.6 Å². The van der Waals surface area contributed by atoms with Crippen LogP contribution < -0.4 is 10.6 Å². The Hall–Kier alpha value is -0.810. The average molecular weight is 330 g/mol. The molecule has 6 heteroatoms. The maximum atomic E-state index is 12.2. The minimum Gasteiger partial charge on any atom is -0.322 e. The van der Waals surface area contributed by atoms with Crippen LogP contribution in [0.2, 0.25) is 10.0 Å². The predicted octanol–water partition coefficient (Wildman–Crippen LogP) is 3.01. The van der Waals surface area contributed by atoms with Crippen molar-refractivity contribution in [2.75, 3.05) is 32.0 Å². The van der Waals surface area contributed by atoms with Crippen LogP contribution in [-0.4, -0.2) is 43.5 Å². The van der Waals surface area contributed by atoms with Crippen LogP contribution in [-0.2, 0) is 4.79 Å². The summed E-state index contributed by atoms with van der Waals surface area (Å²) in [6, 6.07) is 5.60. The average Bonchev–Trinajstić information content (AvgIpc) is 2.45. The lowest BCUT2D eigenvalue weighted by molar-refractivity contribution is -0.118. The van der Waals surface area contributed by atoms with E-state index >= 15 is 0 Å². The van der Waals surface area contributed by atoms with Crippen molar-refractivity contribution < 1.29 is 4.79 Å². The molecule has 1 fully saturated rings. The van der Waals surface area contributed by atoms with Gasteiger partial charge in [0.1, 0.15) is 0 Å². The molecule has 1 aromatic carbocycles. The number of likely N-dealkylation sites (tertiary alicyclic amines) is 1. The molecule has 0 aromatic heterocycles. The summed E-state index contributed by atoms with van der Waals surface area (Å²) in [6.07, 6.45) is 3.49. The van der Waals surface area contributed by atoms with E-state index in [1.807, 2.05) is 7.05 Å². The third-order valence-electron chi connectivity index (χ3n) is 3.76. The molecule has 1 saturated heterocycles. The van der Waals surface area contributed by atoms with Crippen LogP contribution in [0.4, 0.5) is 5.69 Å². The highest BCUT2D eigenvalue weighted by atomic mass is 35.5. The molecule has 1 aromatic rings. The molecule has 2 rings (SSSR count). The number of hydrogen-bond acceptors (Lipinski definition) is 3. The van der Waals surface area contributed by atoms with Gasteiger partial charge in [0.2, 0.25) is 5.91 Å². The van der Waals surface area contributed by atoms with Crippen LogP contribution >= 0.6 is 23.2 Å². The second-order valence-corrected chi connectivity index (χ2v) is 6.14. The van der Waals surface area contributed by atoms with Gasteiger partial charge >= 0.3 is 0 Å². The SMILES string of the molecule is CNCC1CCCCN1CC(=O)Nc1c(Cl)cccc1Cl. The van der Waals surface area contributed by atoms with Crippen LogP contribution in [0.25, 0.3) is 0 Å². The molecule has 0 spiro atoms. The molecule has 21 heavy (non-hydrogen) atoms. The van der Waals surface area contributed by atoms with Gasteiger partial charge in [0.15, 0.2) is 0 Å². The summed E-state index contributed by atoms with van der Waals surface area (Å²) in [7, 11) is 1.94. The Bertz CT molecular complexity index is 474. The zero-order valence-electron chi connectivity index (χ0n) is 12.2. The highest BCUT2D eigenvalue weighted by molar-refractivity contribution is 6.39. The molecular weight excluding hydrogens is 309 g/mol. The fraction of sp³-hybridized carbons (Fsp3) is 0.533. The number of anilines is 1. The Labute approximate surface area is 135 Å². The number of amides is 1. The van der Waals surface area contributed by atoms with Crippen LogP contribution in [0.1, 0.15) is 19.3 Å². The Balaban J connectivity index is 1.97. The summed E-state index contributed by atoms with van der Waals surface area (Å²) in [5.74, 6) is -0.0759. The van der Waals surface area contributed by atoms with Crippen molar-refractivity contribution in [2.24, 2.45) is 0 Å². The lowest BCUT2D eigenvalue weighted by Crippen LogP contribution is -2.47. The van der Waals surface area contributed by atoms with Crippen LogP contribution in [0.5, 0.6) is 0 Å². The van der Waals surface area contributed by atoms with Gasteiger partial charge in [-0.1, -0.05) is 35.7 Å². The van der Waals surface area contributed by atoms with E-state index in [0.717, 1.165) is 25.9 Å². The van der Waals surface area contributed by atoms with E-state index in [9.17, 15) is 4.79 Å². The summed E-state index contributed by atoms with van der Waals surface area (Å²) >= 11 is 12.1. The number of halogens is 2. The summed E-state index contributed by atoms with van der Waals surface area (Å²) in [4.78, 5) is 14.5. The Morgan fingerprint density at radius 1 is 1.33 bits per heavy atom. The van der Waals surface area contributed by atoms with Crippen molar-refractivity contribution in [3.8, 4) is 0 Å². The predicted molar refractivity (Wildman–Crippen MR) is 88.2 cm³/mol. The molecular formula is C15H21Cl2N3O. The second-order valence-electron chi connectivity index (χ2n) is 5.32. The molecule has 2 N–H and O–H groups in total. The first-order valence-electron chi connectivity index (χ1n) is 7.24. The van der Waals surface area contributed by atoms with Gasteiger partial charge in [-0.2, -0.15) is 0 Å².